The van der Waals surface area contributed by atoms with E-state index in [1.807, 2.05) is 11.4 Å². The van der Waals surface area contributed by atoms with Gasteiger partial charge < -0.3 is 5.11 Å². The second-order valence-electron chi connectivity index (χ2n) is 2.85. The number of rotatable bonds is 3. The van der Waals surface area contributed by atoms with Crippen LogP contribution in [0.2, 0.25) is 0 Å². The standard InChI is InChI=1S/C9H8BrNOS2/c10-6-1-9(13-4-6)8(12)2-7-3-11-5-14-7/h1,3-5,8,12H,2H2. The largest absolute Gasteiger partial charge is 0.387 e. The van der Waals surface area contributed by atoms with Crippen LogP contribution in [-0.4, -0.2) is 10.1 Å². The van der Waals surface area contributed by atoms with Crippen LogP contribution in [0, 0.1) is 0 Å². The van der Waals surface area contributed by atoms with Gasteiger partial charge >= 0.3 is 0 Å². The summed E-state index contributed by atoms with van der Waals surface area (Å²) in [6.07, 6.45) is 2.04. The van der Waals surface area contributed by atoms with Crippen LogP contribution in [0.3, 0.4) is 0 Å². The molecule has 0 saturated carbocycles. The monoisotopic (exact) mass is 289 g/mol. The number of halogens is 1. The Morgan fingerprint density at radius 1 is 1.50 bits per heavy atom. The van der Waals surface area contributed by atoms with Crippen molar-refractivity contribution in [3.05, 3.63) is 37.4 Å². The third-order valence-corrected chi connectivity index (χ3v) is 4.39. The summed E-state index contributed by atoms with van der Waals surface area (Å²) in [6.45, 7) is 0. The minimum Gasteiger partial charge on any atom is -0.387 e. The van der Waals surface area contributed by atoms with Crippen LogP contribution in [-0.2, 0) is 6.42 Å². The zero-order valence-corrected chi connectivity index (χ0v) is 10.4. The van der Waals surface area contributed by atoms with Crippen molar-refractivity contribution in [2.45, 2.75) is 12.5 Å². The highest BCUT2D eigenvalue weighted by Gasteiger charge is 2.11. The lowest BCUT2D eigenvalue weighted by Gasteiger charge is -2.05. The number of aliphatic hydroxyl groups is 1. The third-order valence-electron chi connectivity index (χ3n) is 1.79. The molecular formula is C9H8BrNOS2. The first-order chi connectivity index (χ1) is 6.75. The van der Waals surface area contributed by atoms with Crippen molar-refractivity contribution in [3.8, 4) is 0 Å². The highest BCUT2D eigenvalue weighted by molar-refractivity contribution is 9.10. The number of aliphatic hydroxyl groups excluding tert-OH is 1. The number of thiazole rings is 1. The van der Waals surface area contributed by atoms with Gasteiger partial charge in [-0.15, -0.1) is 22.7 Å². The Morgan fingerprint density at radius 2 is 2.36 bits per heavy atom. The molecule has 0 saturated heterocycles. The Hall–Kier alpha value is -0.230. The molecule has 5 heteroatoms. The van der Waals surface area contributed by atoms with Crippen molar-refractivity contribution in [2.75, 3.05) is 0 Å². The lowest BCUT2D eigenvalue weighted by molar-refractivity contribution is 0.183. The predicted octanol–water partition coefficient (Wildman–Crippen LogP) is 3.24. The quantitative estimate of drug-likeness (QED) is 0.941. The molecule has 2 aromatic rings. The Kier molecular flexibility index (Phi) is 3.33. The summed E-state index contributed by atoms with van der Waals surface area (Å²) in [4.78, 5) is 6.08. The van der Waals surface area contributed by atoms with E-state index in [9.17, 15) is 5.11 Å². The van der Waals surface area contributed by atoms with Crippen LogP contribution >= 0.6 is 38.6 Å². The maximum absolute atomic E-state index is 9.87. The van der Waals surface area contributed by atoms with E-state index in [-0.39, 0.29) is 0 Å². The van der Waals surface area contributed by atoms with Crippen LogP contribution in [0.15, 0.2) is 27.6 Å². The van der Waals surface area contributed by atoms with Gasteiger partial charge in [0.25, 0.3) is 0 Å². The summed E-state index contributed by atoms with van der Waals surface area (Å²) < 4.78 is 1.03. The second kappa shape index (κ2) is 4.53. The second-order valence-corrected chi connectivity index (χ2v) is 5.68. The van der Waals surface area contributed by atoms with Crippen molar-refractivity contribution in [3.63, 3.8) is 0 Å². The molecule has 0 bridgehead atoms. The fourth-order valence-electron chi connectivity index (χ4n) is 1.14. The van der Waals surface area contributed by atoms with Crippen molar-refractivity contribution in [1.29, 1.82) is 0 Å². The Balaban J connectivity index is 2.06. The van der Waals surface area contributed by atoms with Gasteiger partial charge in [0, 0.05) is 32.2 Å². The first-order valence-corrected chi connectivity index (χ1v) is 6.60. The molecule has 14 heavy (non-hydrogen) atoms. The van der Waals surface area contributed by atoms with Crippen molar-refractivity contribution in [1.82, 2.24) is 4.98 Å². The van der Waals surface area contributed by atoms with Crippen LogP contribution < -0.4 is 0 Å². The van der Waals surface area contributed by atoms with E-state index in [1.54, 1.807) is 34.4 Å². The smallest absolute Gasteiger partial charge is 0.0931 e. The molecule has 2 aromatic heterocycles. The summed E-state index contributed by atoms with van der Waals surface area (Å²) in [7, 11) is 0. The fourth-order valence-corrected chi connectivity index (χ4v) is 3.20. The molecule has 0 aliphatic carbocycles. The van der Waals surface area contributed by atoms with E-state index < -0.39 is 6.10 Å². The highest BCUT2D eigenvalue weighted by atomic mass is 79.9. The number of thiophene rings is 1. The Bertz CT molecular complexity index is 399. The van der Waals surface area contributed by atoms with Gasteiger partial charge in [-0.2, -0.15) is 0 Å². The lowest BCUT2D eigenvalue weighted by atomic mass is 10.2. The van der Waals surface area contributed by atoms with Crippen LogP contribution in [0.25, 0.3) is 0 Å². The van der Waals surface area contributed by atoms with Crippen LogP contribution in [0.5, 0.6) is 0 Å². The lowest BCUT2D eigenvalue weighted by Crippen LogP contribution is -1.97. The Labute approximate surface area is 98.4 Å². The molecule has 0 radical (unpaired) electrons. The minimum atomic E-state index is -0.410. The van der Waals surface area contributed by atoms with Crippen molar-refractivity contribution < 1.29 is 5.11 Å². The molecule has 0 fully saturated rings. The van der Waals surface area contributed by atoms with Crippen molar-refractivity contribution in [2.24, 2.45) is 0 Å². The molecule has 0 aliphatic rings. The number of hydrogen-bond donors (Lipinski definition) is 1. The maximum atomic E-state index is 9.87. The average molecular weight is 290 g/mol. The molecule has 2 rings (SSSR count). The van der Waals surface area contributed by atoms with E-state index in [0.29, 0.717) is 6.42 Å². The zero-order valence-electron chi connectivity index (χ0n) is 7.18. The highest BCUT2D eigenvalue weighted by Crippen LogP contribution is 2.28. The Morgan fingerprint density at radius 3 is 2.93 bits per heavy atom. The van der Waals surface area contributed by atoms with Gasteiger partial charge in [0.2, 0.25) is 0 Å². The fraction of sp³-hybridized carbons (Fsp3) is 0.222. The SMILES string of the molecule is OC(Cc1cncs1)c1cc(Br)cs1. The summed E-state index contributed by atoms with van der Waals surface area (Å²) in [5.41, 5.74) is 1.78. The number of hydrogen-bond acceptors (Lipinski definition) is 4. The molecule has 2 heterocycles. The molecular weight excluding hydrogens is 282 g/mol. The van der Waals surface area contributed by atoms with E-state index >= 15 is 0 Å². The predicted molar refractivity (Wildman–Crippen MR) is 62.8 cm³/mol. The maximum Gasteiger partial charge on any atom is 0.0931 e. The van der Waals surface area contributed by atoms with E-state index in [4.69, 9.17) is 0 Å². The molecule has 1 atom stereocenters. The molecule has 1 N–H and O–H groups in total. The minimum absolute atomic E-state index is 0.410. The number of nitrogens with zero attached hydrogens (tertiary/aromatic N) is 1. The first-order valence-electron chi connectivity index (χ1n) is 4.05. The molecule has 0 aromatic carbocycles. The molecule has 1 unspecified atom stereocenters. The van der Waals surface area contributed by atoms with Gasteiger partial charge in [-0.05, 0) is 22.0 Å². The van der Waals surface area contributed by atoms with Crippen LogP contribution in [0.4, 0.5) is 0 Å². The molecule has 74 valence electrons. The number of aromatic nitrogens is 1. The first kappa shape index (κ1) is 10.3. The van der Waals surface area contributed by atoms with Gasteiger partial charge in [-0.1, -0.05) is 0 Å². The van der Waals surface area contributed by atoms with Gasteiger partial charge in [0.05, 0.1) is 11.6 Å². The summed E-state index contributed by atoms with van der Waals surface area (Å²) >= 11 is 6.51. The van der Waals surface area contributed by atoms with E-state index in [2.05, 4.69) is 20.9 Å². The molecule has 0 amide bonds. The van der Waals surface area contributed by atoms with Gasteiger partial charge in [0.15, 0.2) is 0 Å². The van der Waals surface area contributed by atoms with Gasteiger partial charge in [0.1, 0.15) is 0 Å². The molecule has 0 spiro atoms. The van der Waals surface area contributed by atoms with E-state index in [1.165, 1.54) is 0 Å². The van der Waals surface area contributed by atoms with E-state index in [0.717, 1.165) is 14.2 Å². The topological polar surface area (TPSA) is 33.1 Å². The van der Waals surface area contributed by atoms with Crippen LogP contribution in [0.1, 0.15) is 15.9 Å². The zero-order chi connectivity index (χ0) is 9.97. The molecule has 0 aliphatic heterocycles. The summed E-state index contributed by atoms with van der Waals surface area (Å²) in [5, 5.41) is 11.9. The van der Waals surface area contributed by atoms with Crippen molar-refractivity contribution >= 4 is 38.6 Å². The summed E-state index contributed by atoms with van der Waals surface area (Å²) in [6, 6.07) is 1.95. The normalized spacial score (nSPS) is 13.0. The van der Waals surface area contributed by atoms with Gasteiger partial charge in [-0.25, -0.2) is 0 Å². The third kappa shape index (κ3) is 2.42. The molecule has 2 nitrogen and oxygen atoms in total. The average Bonchev–Trinajstić information content (AvgIpc) is 2.75. The summed E-state index contributed by atoms with van der Waals surface area (Å²) in [5.74, 6) is 0. The van der Waals surface area contributed by atoms with Gasteiger partial charge in [-0.3, -0.25) is 4.98 Å².